The number of hydrogen-bond donors (Lipinski definition) is 0. The van der Waals surface area contributed by atoms with Crippen LogP contribution in [0.3, 0.4) is 0 Å². The van der Waals surface area contributed by atoms with Crippen LogP contribution in [0.4, 0.5) is 0 Å². The van der Waals surface area contributed by atoms with Crippen LogP contribution in [-0.4, -0.2) is 33.5 Å². The van der Waals surface area contributed by atoms with Crippen LogP contribution >= 0.6 is 11.5 Å². The van der Waals surface area contributed by atoms with Crippen molar-refractivity contribution in [2.75, 3.05) is 13.1 Å². The first kappa shape index (κ1) is 14.2. The number of amides is 1. The van der Waals surface area contributed by atoms with Crippen LogP contribution in [0.5, 0.6) is 0 Å². The third-order valence-electron chi connectivity index (χ3n) is 3.98. The molecule has 1 aliphatic rings. The molecule has 0 N–H and O–H groups in total. The predicted molar refractivity (Wildman–Crippen MR) is 83.6 cm³/mol. The summed E-state index contributed by atoms with van der Waals surface area (Å²) in [7, 11) is 0. The first-order valence-corrected chi connectivity index (χ1v) is 8.22. The van der Waals surface area contributed by atoms with Gasteiger partial charge < -0.3 is 4.90 Å². The van der Waals surface area contributed by atoms with Gasteiger partial charge in [-0.15, -0.1) is 5.10 Å². The van der Waals surface area contributed by atoms with E-state index < -0.39 is 0 Å². The van der Waals surface area contributed by atoms with Gasteiger partial charge in [-0.2, -0.15) is 0 Å². The van der Waals surface area contributed by atoms with E-state index in [1.165, 1.54) is 17.1 Å². The average molecular weight is 301 g/mol. The van der Waals surface area contributed by atoms with Crippen molar-refractivity contribution in [1.29, 1.82) is 0 Å². The summed E-state index contributed by atoms with van der Waals surface area (Å²) >= 11 is 1.23. The Bertz CT molecular complexity index is 611. The molecule has 1 aromatic carbocycles. The van der Waals surface area contributed by atoms with Crippen LogP contribution in [0.15, 0.2) is 30.3 Å². The van der Waals surface area contributed by atoms with Crippen LogP contribution in [-0.2, 0) is 6.42 Å². The Labute approximate surface area is 129 Å². The Morgan fingerprint density at radius 3 is 2.95 bits per heavy atom. The van der Waals surface area contributed by atoms with E-state index in [1.807, 2.05) is 11.0 Å². The van der Waals surface area contributed by atoms with E-state index in [1.54, 1.807) is 0 Å². The predicted octanol–water partition coefficient (Wildman–Crippen LogP) is 3.12. The number of rotatable bonds is 4. The standard InChI is InChI=1S/C16H19N3OS/c1-2-6-14-15(21-18-17-14)16(20)19-10-9-13(11-19)12-7-4-3-5-8-12/h3-5,7-8,13H,2,6,9-11H2,1H3/t13-/m1/s1. The highest BCUT2D eigenvalue weighted by atomic mass is 32.1. The first-order chi connectivity index (χ1) is 10.3. The number of nitrogens with zero attached hydrogens (tertiary/aromatic N) is 3. The number of benzene rings is 1. The van der Waals surface area contributed by atoms with Crippen LogP contribution in [0, 0.1) is 0 Å². The van der Waals surface area contributed by atoms with Crippen LogP contribution < -0.4 is 0 Å². The lowest BCUT2D eigenvalue weighted by atomic mass is 9.99. The Hall–Kier alpha value is -1.75. The molecule has 1 amide bonds. The van der Waals surface area contributed by atoms with Crippen molar-refractivity contribution < 1.29 is 4.79 Å². The third kappa shape index (κ3) is 2.97. The lowest BCUT2D eigenvalue weighted by Crippen LogP contribution is -2.28. The first-order valence-electron chi connectivity index (χ1n) is 7.45. The van der Waals surface area contributed by atoms with E-state index in [0.29, 0.717) is 5.92 Å². The molecule has 0 bridgehead atoms. The fourth-order valence-corrected chi connectivity index (χ4v) is 3.53. The Balaban J connectivity index is 1.71. The second-order valence-electron chi connectivity index (χ2n) is 5.45. The van der Waals surface area contributed by atoms with E-state index in [-0.39, 0.29) is 5.91 Å². The summed E-state index contributed by atoms with van der Waals surface area (Å²) in [6.07, 6.45) is 2.84. The lowest BCUT2D eigenvalue weighted by molar-refractivity contribution is 0.0794. The average Bonchev–Trinajstić information content (AvgIpc) is 3.17. The molecule has 0 unspecified atom stereocenters. The summed E-state index contributed by atoms with van der Waals surface area (Å²) in [4.78, 5) is 15.3. The molecular weight excluding hydrogens is 282 g/mol. The molecule has 1 fully saturated rings. The van der Waals surface area contributed by atoms with Gasteiger partial charge in [0, 0.05) is 19.0 Å². The lowest BCUT2D eigenvalue weighted by Gasteiger charge is -2.16. The van der Waals surface area contributed by atoms with Gasteiger partial charge in [0.1, 0.15) is 4.88 Å². The van der Waals surface area contributed by atoms with E-state index in [4.69, 9.17) is 0 Å². The molecule has 0 saturated carbocycles. The molecule has 1 atom stereocenters. The summed E-state index contributed by atoms with van der Waals surface area (Å²) in [5.74, 6) is 0.553. The van der Waals surface area contributed by atoms with Gasteiger partial charge in [-0.1, -0.05) is 48.2 Å². The molecule has 3 rings (SSSR count). The van der Waals surface area contributed by atoms with Crippen LogP contribution in [0.2, 0.25) is 0 Å². The van der Waals surface area contributed by atoms with E-state index in [2.05, 4.69) is 40.8 Å². The zero-order chi connectivity index (χ0) is 14.7. The number of carbonyl (C=O) groups excluding carboxylic acids is 1. The van der Waals surface area contributed by atoms with Gasteiger partial charge in [0.2, 0.25) is 0 Å². The van der Waals surface area contributed by atoms with E-state index in [0.717, 1.165) is 42.9 Å². The van der Waals surface area contributed by atoms with E-state index >= 15 is 0 Å². The van der Waals surface area contributed by atoms with Crippen molar-refractivity contribution in [2.24, 2.45) is 0 Å². The Kier molecular flexibility index (Phi) is 4.29. The maximum Gasteiger partial charge on any atom is 0.267 e. The molecule has 110 valence electrons. The number of aromatic nitrogens is 2. The molecule has 5 heteroatoms. The molecule has 0 radical (unpaired) electrons. The topological polar surface area (TPSA) is 46.1 Å². The smallest absolute Gasteiger partial charge is 0.267 e. The molecule has 2 aromatic rings. The van der Waals surface area contributed by atoms with Crippen LogP contribution in [0.25, 0.3) is 0 Å². The fourth-order valence-electron chi connectivity index (χ4n) is 2.86. The molecule has 1 aliphatic heterocycles. The number of carbonyl (C=O) groups is 1. The maximum atomic E-state index is 12.6. The van der Waals surface area contributed by atoms with E-state index in [9.17, 15) is 4.79 Å². The van der Waals surface area contributed by atoms with Crippen molar-refractivity contribution in [3.63, 3.8) is 0 Å². The minimum absolute atomic E-state index is 0.104. The Morgan fingerprint density at radius 1 is 1.38 bits per heavy atom. The molecule has 0 spiro atoms. The summed E-state index contributed by atoms with van der Waals surface area (Å²) in [6, 6.07) is 10.4. The van der Waals surface area contributed by atoms with Gasteiger partial charge in [-0.3, -0.25) is 4.79 Å². The monoisotopic (exact) mass is 301 g/mol. The number of hydrogen-bond acceptors (Lipinski definition) is 4. The van der Waals surface area contributed by atoms with Gasteiger partial charge in [0.05, 0.1) is 5.69 Å². The molecule has 2 heterocycles. The summed E-state index contributed by atoms with van der Waals surface area (Å²) in [6.45, 7) is 3.71. The Morgan fingerprint density at radius 2 is 2.19 bits per heavy atom. The van der Waals surface area contributed by atoms with Gasteiger partial charge in [-0.05, 0) is 29.9 Å². The molecule has 4 nitrogen and oxygen atoms in total. The summed E-state index contributed by atoms with van der Waals surface area (Å²) in [5.41, 5.74) is 2.18. The second kappa shape index (κ2) is 6.35. The molecule has 1 saturated heterocycles. The van der Waals surface area contributed by atoms with Crippen LogP contribution in [0.1, 0.15) is 46.6 Å². The second-order valence-corrected chi connectivity index (χ2v) is 6.20. The maximum absolute atomic E-state index is 12.6. The highest BCUT2D eigenvalue weighted by Gasteiger charge is 2.30. The normalized spacial score (nSPS) is 18.1. The quantitative estimate of drug-likeness (QED) is 0.871. The van der Waals surface area contributed by atoms with Crippen molar-refractivity contribution in [3.05, 3.63) is 46.5 Å². The molecule has 0 aliphatic carbocycles. The van der Waals surface area contributed by atoms with Crippen molar-refractivity contribution in [1.82, 2.24) is 14.5 Å². The zero-order valence-electron chi connectivity index (χ0n) is 12.2. The van der Waals surface area contributed by atoms with Crippen molar-refractivity contribution in [3.8, 4) is 0 Å². The highest BCUT2D eigenvalue weighted by Crippen LogP contribution is 2.28. The minimum Gasteiger partial charge on any atom is -0.337 e. The third-order valence-corrected chi connectivity index (χ3v) is 4.74. The molecule has 1 aromatic heterocycles. The van der Waals surface area contributed by atoms with Crippen molar-refractivity contribution in [2.45, 2.75) is 32.1 Å². The van der Waals surface area contributed by atoms with Gasteiger partial charge in [0.15, 0.2) is 0 Å². The zero-order valence-corrected chi connectivity index (χ0v) is 13.0. The number of likely N-dealkylation sites (tertiary alicyclic amines) is 1. The van der Waals surface area contributed by atoms with Crippen molar-refractivity contribution >= 4 is 17.4 Å². The number of aryl methyl sites for hydroxylation is 1. The summed E-state index contributed by atoms with van der Waals surface area (Å²) in [5, 5.41) is 4.10. The van der Waals surface area contributed by atoms with Gasteiger partial charge in [-0.25, -0.2) is 0 Å². The summed E-state index contributed by atoms with van der Waals surface area (Å²) < 4.78 is 3.95. The van der Waals surface area contributed by atoms with Gasteiger partial charge in [0.25, 0.3) is 5.91 Å². The molecule has 21 heavy (non-hydrogen) atoms. The largest absolute Gasteiger partial charge is 0.337 e. The minimum atomic E-state index is 0.104. The fraction of sp³-hybridized carbons (Fsp3) is 0.438. The molecular formula is C16H19N3OS. The van der Waals surface area contributed by atoms with Gasteiger partial charge >= 0.3 is 0 Å². The SMILES string of the molecule is CCCc1nnsc1C(=O)N1CC[C@@H](c2ccccc2)C1. The highest BCUT2D eigenvalue weighted by molar-refractivity contribution is 7.08.